The number of carbonyl (C=O) groups excluding carboxylic acids is 4. The van der Waals surface area contributed by atoms with Crippen molar-refractivity contribution in [3.05, 3.63) is 35.4 Å². The van der Waals surface area contributed by atoms with Gasteiger partial charge in [-0.05, 0) is 56.2 Å². The Balaban J connectivity index is 1.58. The SMILES string of the molecule is CC[C@H](C)[C@@H]1NC(=O)CCCN(C(=O)[C@H]2CCCO2)CCCNC(=O)Cn2nc(Cc3ccc(OC)c(OC)c3)nc2[C@@H](C)NC1=O. The predicted molar refractivity (Wildman–Crippen MR) is 173 cm³/mol. The Bertz CT molecular complexity index is 1390. The van der Waals surface area contributed by atoms with Gasteiger partial charge in [0.1, 0.15) is 24.5 Å². The standard InChI is InChI=1S/C33H49N7O7/c1-6-21(2)30-32(43)35-22(3)31-36-27(19-23-12-13-24(45-4)26(18-23)46-5)38-40(31)20-29(42)34-14-9-16-39(15-7-11-28(41)37-30)33(44)25-10-8-17-47-25/h12-13,18,21-22,25,30H,6-11,14-17,19-20H2,1-5H3,(H,34,42)(H,35,43)(H,37,41)/t21-,22+,25+,30-/m0/s1. The fraction of sp³-hybridized carbons (Fsp3) is 0.636. The lowest BCUT2D eigenvalue weighted by Crippen LogP contribution is -2.51. The zero-order chi connectivity index (χ0) is 33.9. The quantitative estimate of drug-likeness (QED) is 0.404. The Morgan fingerprint density at radius 3 is 2.53 bits per heavy atom. The van der Waals surface area contributed by atoms with E-state index in [1.54, 1.807) is 32.1 Å². The van der Waals surface area contributed by atoms with E-state index >= 15 is 0 Å². The lowest BCUT2D eigenvalue weighted by atomic mass is 9.97. The predicted octanol–water partition coefficient (Wildman–Crippen LogP) is 1.90. The largest absolute Gasteiger partial charge is 0.493 e. The van der Waals surface area contributed by atoms with Crippen LogP contribution < -0.4 is 25.4 Å². The number of hydrogen-bond donors (Lipinski definition) is 3. The second kappa shape index (κ2) is 17.1. The zero-order valence-electron chi connectivity index (χ0n) is 28.2. The summed E-state index contributed by atoms with van der Waals surface area (Å²) in [4.78, 5) is 59.4. The molecule has 0 bridgehead atoms. The molecular formula is C33H49N7O7. The van der Waals surface area contributed by atoms with Gasteiger partial charge in [0.15, 0.2) is 17.3 Å². The van der Waals surface area contributed by atoms with Crippen molar-refractivity contribution in [3.8, 4) is 11.5 Å². The van der Waals surface area contributed by atoms with Crippen LogP contribution in [0.25, 0.3) is 0 Å². The van der Waals surface area contributed by atoms with E-state index in [0.717, 1.165) is 12.0 Å². The molecule has 0 radical (unpaired) electrons. The van der Waals surface area contributed by atoms with Crippen LogP contribution in [-0.4, -0.2) is 95.9 Å². The van der Waals surface area contributed by atoms with E-state index in [0.29, 0.717) is 81.5 Å². The molecule has 0 spiro atoms. The van der Waals surface area contributed by atoms with Crippen LogP contribution in [0.15, 0.2) is 18.2 Å². The Hall–Kier alpha value is -4.20. The average molecular weight is 656 g/mol. The summed E-state index contributed by atoms with van der Waals surface area (Å²) in [5.74, 6) is 0.935. The van der Waals surface area contributed by atoms with Crippen LogP contribution in [0.3, 0.4) is 0 Å². The number of carbonyl (C=O) groups is 4. The Labute approximate surface area is 276 Å². The lowest BCUT2D eigenvalue weighted by molar-refractivity contribution is -0.141. The molecule has 2 aliphatic rings. The lowest BCUT2D eigenvalue weighted by Gasteiger charge is -2.27. The fourth-order valence-corrected chi connectivity index (χ4v) is 5.83. The number of rotatable bonds is 7. The number of amides is 4. The highest BCUT2D eigenvalue weighted by atomic mass is 16.5. The third kappa shape index (κ3) is 9.66. The van der Waals surface area contributed by atoms with Gasteiger partial charge in [0.05, 0.1) is 20.3 Å². The number of fused-ring (bicyclic) bond motifs is 1. The average Bonchev–Trinajstić information content (AvgIpc) is 3.74. The van der Waals surface area contributed by atoms with Crippen LogP contribution >= 0.6 is 0 Å². The smallest absolute Gasteiger partial charge is 0.251 e. The van der Waals surface area contributed by atoms with Gasteiger partial charge in [0.2, 0.25) is 17.7 Å². The summed E-state index contributed by atoms with van der Waals surface area (Å²) >= 11 is 0. The second-order valence-corrected chi connectivity index (χ2v) is 12.2. The molecule has 0 saturated carbocycles. The maximum absolute atomic E-state index is 13.6. The van der Waals surface area contributed by atoms with Crippen LogP contribution in [0, 0.1) is 5.92 Å². The first-order chi connectivity index (χ1) is 22.6. The minimum absolute atomic E-state index is 0.0937. The summed E-state index contributed by atoms with van der Waals surface area (Å²) in [5.41, 5.74) is 0.875. The highest BCUT2D eigenvalue weighted by molar-refractivity contribution is 5.88. The molecule has 0 aliphatic carbocycles. The van der Waals surface area contributed by atoms with Crippen LogP contribution in [0.5, 0.6) is 11.5 Å². The first kappa shape index (κ1) is 35.7. The number of methoxy groups -OCH3 is 2. The van der Waals surface area contributed by atoms with Gasteiger partial charge in [-0.2, -0.15) is 5.10 Å². The van der Waals surface area contributed by atoms with Crippen molar-refractivity contribution < 1.29 is 33.4 Å². The molecule has 4 amide bonds. The highest BCUT2D eigenvalue weighted by Crippen LogP contribution is 2.28. The molecule has 1 fully saturated rings. The minimum atomic E-state index is -0.774. The third-order valence-electron chi connectivity index (χ3n) is 8.68. The van der Waals surface area contributed by atoms with E-state index in [9.17, 15) is 19.2 Å². The van der Waals surface area contributed by atoms with Gasteiger partial charge >= 0.3 is 0 Å². The van der Waals surface area contributed by atoms with Gasteiger partial charge in [-0.1, -0.05) is 26.3 Å². The van der Waals surface area contributed by atoms with Gasteiger partial charge in [0, 0.05) is 39.1 Å². The van der Waals surface area contributed by atoms with Gasteiger partial charge in [-0.3, -0.25) is 19.2 Å². The molecule has 14 nitrogen and oxygen atoms in total. The summed E-state index contributed by atoms with van der Waals surface area (Å²) in [5, 5.41) is 13.5. The second-order valence-electron chi connectivity index (χ2n) is 12.2. The molecule has 4 atom stereocenters. The number of nitrogens with zero attached hydrogens (tertiary/aromatic N) is 4. The van der Waals surface area contributed by atoms with Gasteiger partial charge in [-0.15, -0.1) is 0 Å². The summed E-state index contributed by atoms with van der Waals surface area (Å²) in [6.45, 7) is 7.24. The molecule has 14 heteroatoms. The van der Waals surface area contributed by atoms with Gasteiger partial charge in [0.25, 0.3) is 5.91 Å². The van der Waals surface area contributed by atoms with E-state index in [2.05, 4.69) is 21.0 Å². The first-order valence-corrected chi connectivity index (χ1v) is 16.5. The van der Waals surface area contributed by atoms with Crippen molar-refractivity contribution >= 4 is 23.6 Å². The number of ether oxygens (including phenoxy) is 3. The molecule has 1 aromatic carbocycles. The van der Waals surface area contributed by atoms with Crippen LogP contribution in [0.1, 0.15) is 82.6 Å². The van der Waals surface area contributed by atoms with E-state index in [1.165, 1.54) is 4.68 Å². The number of hydrogen-bond acceptors (Lipinski definition) is 9. The number of aromatic nitrogens is 3. The minimum Gasteiger partial charge on any atom is -0.493 e. The van der Waals surface area contributed by atoms with Crippen LogP contribution in [0.2, 0.25) is 0 Å². The van der Waals surface area contributed by atoms with Crippen molar-refractivity contribution in [2.75, 3.05) is 40.5 Å². The summed E-state index contributed by atoms with van der Waals surface area (Å²) < 4.78 is 17.9. The molecule has 258 valence electrons. The van der Waals surface area contributed by atoms with Crippen molar-refractivity contribution in [1.29, 1.82) is 0 Å². The summed E-state index contributed by atoms with van der Waals surface area (Å²) in [6.07, 6.45) is 3.18. The normalized spacial score (nSPS) is 22.6. The molecule has 3 N–H and O–H groups in total. The molecule has 2 aromatic rings. The molecule has 2 aliphatic heterocycles. The Morgan fingerprint density at radius 1 is 1.06 bits per heavy atom. The van der Waals surface area contributed by atoms with E-state index in [1.807, 2.05) is 26.0 Å². The van der Waals surface area contributed by atoms with Gasteiger partial charge in [-0.25, -0.2) is 9.67 Å². The summed E-state index contributed by atoms with van der Waals surface area (Å²) in [7, 11) is 3.13. The molecule has 3 heterocycles. The van der Waals surface area contributed by atoms with Crippen molar-refractivity contribution in [2.45, 2.75) is 90.4 Å². The van der Waals surface area contributed by atoms with Gasteiger partial charge < -0.3 is 35.1 Å². The van der Waals surface area contributed by atoms with Crippen molar-refractivity contribution in [1.82, 2.24) is 35.6 Å². The number of nitrogens with one attached hydrogen (secondary N) is 3. The first-order valence-electron chi connectivity index (χ1n) is 16.5. The fourth-order valence-electron chi connectivity index (χ4n) is 5.83. The third-order valence-corrected chi connectivity index (χ3v) is 8.68. The zero-order valence-corrected chi connectivity index (χ0v) is 28.2. The van der Waals surface area contributed by atoms with Crippen molar-refractivity contribution in [3.63, 3.8) is 0 Å². The van der Waals surface area contributed by atoms with E-state index in [4.69, 9.17) is 19.2 Å². The van der Waals surface area contributed by atoms with Crippen molar-refractivity contribution in [2.24, 2.45) is 5.92 Å². The highest BCUT2D eigenvalue weighted by Gasteiger charge is 2.30. The van der Waals surface area contributed by atoms with E-state index < -0.39 is 18.2 Å². The Morgan fingerprint density at radius 2 is 1.83 bits per heavy atom. The van der Waals surface area contributed by atoms with E-state index in [-0.39, 0.29) is 42.5 Å². The molecule has 1 aromatic heterocycles. The summed E-state index contributed by atoms with van der Waals surface area (Å²) in [6, 6.07) is 4.15. The maximum Gasteiger partial charge on any atom is 0.251 e. The van der Waals surface area contributed by atoms with Crippen LogP contribution in [0.4, 0.5) is 0 Å². The molecule has 47 heavy (non-hydrogen) atoms. The monoisotopic (exact) mass is 655 g/mol. The van der Waals surface area contributed by atoms with Crippen LogP contribution in [-0.2, 0) is 36.9 Å². The molecule has 0 unspecified atom stereocenters. The molecule has 1 saturated heterocycles. The topological polar surface area (TPSA) is 166 Å². The molecular weight excluding hydrogens is 606 g/mol. The Kier molecular flexibility index (Phi) is 13.0. The maximum atomic E-state index is 13.6. The number of benzene rings is 1. The molecule has 4 rings (SSSR count).